The van der Waals surface area contributed by atoms with Crippen molar-refractivity contribution in [2.75, 3.05) is 20.3 Å². The Kier molecular flexibility index (Phi) is 9.21. The summed E-state index contributed by atoms with van der Waals surface area (Å²) in [7, 11) is -0.420. The molecule has 1 aromatic rings. The van der Waals surface area contributed by atoms with E-state index in [2.05, 4.69) is 5.32 Å². The highest BCUT2D eigenvalue weighted by Gasteiger charge is 2.33. The van der Waals surface area contributed by atoms with Gasteiger partial charge in [-0.25, -0.2) is 9.59 Å². The van der Waals surface area contributed by atoms with Crippen molar-refractivity contribution in [2.24, 2.45) is 0 Å². The Labute approximate surface area is 137 Å². The normalized spacial score (nSPS) is 11.8. The number of ether oxygens (including phenoxy) is 2. The van der Waals surface area contributed by atoms with Gasteiger partial charge in [0.25, 0.3) is 0 Å². The number of esters is 1. The number of rotatable bonds is 9. The van der Waals surface area contributed by atoms with Gasteiger partial charge in [-0.05, 0) is 19.4 Å². The SMILES string of the molecule is CCOP(OCC)C(NC(=O)OCc1ccccc1)C(=O)OC. The van der Waals surface area contributed by atoms with Gasteiger partial charge in [-0.3, -0.25) is 0 Å². The van der Waals surface area contributed by atoms with Crippen molar-refractivity contribution in [3.8, 4) is 0 Å². The van der Waals surface area contributed by atoms with Crippen molar-refractivity contribution in [2.45, 2.75) is 26.2 Å². The number of nitrogens with one attached hydrogen (secondary N) is 1. The number of hydrogen-bond acceptors (Lipinski definition) is 6. The standard InChI is InChI=1S/C15H22NO6P/c1-4-21-23(22-5-2)13(14(17)19-3)16-15(18)20-11-12-9-7-6-8-10-12/h6-10,13H,4-5,11H2,1-3H3,(H,16,18). The predicted octanol–water partition coefficient (Wildman–Crippen LogP) is 2.80. The van der Waals surface area contributed by atoms with E-state index in [0.717, 1.165) is 5.56 Å². The third kappa shape index (κ3) is 6.95. The molecule has 0 aliphatic carbocycles. The second-order valence-corrected chi connectivity index (χ2v) is 5.86. The topological polar surface area (TPSA) is 83.1 Å². The molecule has 1 N–H and O–H groups in total. The summed E-state index contributed by atoms with van der Waals surface area (Å²) in [6.45, 7) is 4.34. The van der Waals surface area contributed by atoms with Crippen molar-refractivity contribution in [1.82, 2.24) is 5.32 Å². The molecule has 0 heterocycles. The molecule has 0 aliphatic heterocycles. The zero-order valence-corrected chi connectivity index (χ0v) is 14.4. The summed E-state index contributed by atoms with van der Waals surface area (Å²) in [6, 6.07) is 9.22. The zero-order valence-electron chi connectivity index (χ0n) is 13.5. The molecule has 0 saturated heterocycles. The van der Waals surface area contributed by atoms with Crippen LogP contribution in [0.2, 0.25) is 0 Å². The maximum atomic E-state index is 11.9. The Morgan fingerprint density at radius 3 is 2.26 bits per heavy atom. The average Bonchev–Trinajstić information content (AvgIpc) is 2.58. The molecule has 1 aromatic carbocycles. The molecule has 1 atom stereocenters. The van der Waals surface area contributed by atoms with Crippen LogP contribution in [0.1, 0.15) is 19.4 Å². The summed E-state index contributed by atoms with van der Waals surface area (Å²) < 4.78 is 20.6. The van der Waals surface area contributed by atoms with Crippen molar-refractivity contribution in [3.05, 3.63) is 35.9 Å². The number of carbonyl (C=O) groups excluding carboxylic acids is 2. The number of amides is 1. The van der Waals surface area contributed by atoms with Gasteiger partial charge < -0.3 is 23.8 Å². The Morgan fingerprint density at radius 1 is 1.13 bits per heavy atom. The zero-order chi connectivity index (χ0) is 17.1. The molecule has 128 valence electrons. The summed E-state index contributed by atoms with van der Waals surface area (Å²) in [6.07, 6.45) is -0.740. The summed E-state index contributed by atoms with van der Waals surface area (Å²) in [5.74, 6) is -1.69. The minimum Gasteiger partial charge on any atom is -0.467 e. The average molecular weight is 343 g/mol. The third-order valence-electron chi connectivity index (χ3n) is 2.62. The first-order chi connectivity index (χ1) is 11.1. The lowest BCUT2D eigenvalue weighted by Crippen LogP contribution is -2.41. The van der Waals surface area contributed by atoms with Crippen molar-refractivity contribution in [3.63, 3.8) is 0 Å². The van der Waals surface area contributed by atoms with Crippen LogP contribution in [0.4, 0.5) is 4.79 Å². The van der Waals surface area contributed by atoms with Gasteiger partial charge in [-0.2, -0.15) is 0 Å². The van der Waals surface area contributed by atoms with Gasteiger partial charge in [-0.1, -0.05) is 30.3 Å². The number of methoxy groups -OCH3 is 1. The van der Waals surface area contributed by atoms with Gasteiger partial charge in [0.05, 0.1) is 20.3 Å². The van der Waals surface area contributed by atoms with Crippen molar-refractivity contribution < 1.29 is 28.1 Å². The van der Waals surface area contributed by atoms with E-state index in [1.54, 1.807) is 13.8 Å². The minimum atomic E-state index is -1.65. The maximum absolute atomic E-state index is 11.9. The lowest BCUT2D eigenvalue weighted by Gasteiger charge is -2.24. The van der Waals surface area contributed by atoms with Gasteiger partial charge in [-0.15, -0.1) is 0 Å². The second kappa shape index (κ2) is 10.9. The van der Waals surface area contributed by atoms with Crippen LogP contribution < -0.4 is 5.32 Å². The fourth-order valence-electron chi connectivity index (χ4n) is 1.63. The fourth-order valence-corrected chi connectivity index (χ4v) is 3.00. The predicted molar refractivity (Wildman–Crippen MR) is 85.7 cm³/mol. The number of alkyl carbamates (subject to hydrolysis) is 1. The summed E-state index contributed by atoms with van der Waals surface area (Å²) in [5, 5.41) is 2.45. The lowest BCUT2D eigenvalue weighted by atomic mass is 10.2. The van der Waals surface area contributed by atoms with Gasteiger partial charge in [0.1, 0.15) is 6.61 Å². The Morgan fingerprint density at radius 2 is 1.74 bits per heavy atom. The minimum absolute atomic E-state index is 0.0990. The summed E-state index contributed by atoms with van der Waals surface area (Å²) >= 11 is 0. The van der Waals surface area contributed by atoms with Crippen LogP contribution in [0.25, 0.3) is 0 Å². The molecule has 7 nitrogen and oxygen atoms in total. The van der Waals surface area contributed by atoms with Crippen molar-refractivity contribution >= 4 is 20.4 Å². The van der Waals surface area contributed by atoms with Gasteiger partial charge >= 0.3 is 12.1 Å². The third-order valence-corrected chi connectivity index (χ3v) is 4.40. The maximum Gasteiger partial charge on any atom is 0.408 e. The Bertz CT molecular complexity index is 478. The highest BCUT2D eigenvalue weighted by Crippen LogP contribution is 2.42. The van der Waals surface area contributed by atoms with Gasteiger partial charge in [0.2, 0.25) is 8.38 Å². The van der Waals surface area contributed by atoms with Gasteiger partial charge in [0, 0.05) is 0 Å². The van der Waals surface area contributed by atoms with E-state index in [9.17, 15) is 9.59 Å². The fraction of sp³-hybridized carbons (Fsp3) is 0.467. The van der Waals surface area contributed by atoms with Crippen molar-refractivity contribution in [1.29, 1.82) is 0 Å². The molecule has 0 radical (unpaired) electrons. The quantitative estimate of drug-likeness (QED) is 0.548. The van der Waals surface area contributed by atoms with E-state index >= 15 is 0 Å². The highest BCUT2D eigenvalue weighted by atomic mass is 31.2. The largest absolute Gasteiger partial charge is 0.467 e. The lowest BCUT2D eigenvalue weighted by molar-refractivity contribution is -0.141. The van der Waals surface area contributed by atoms with E-state index in [1.807, 2.05) is 30.3 Å². The van der Waals surface area contributed by atoms with Crippen LogP contribution in [-0.2, 0) is 29.9 Å². The number of benzene rings is 1. The first kappa shape index (κ1) is 19.4. The molecular weight excluding hydrogens is 321 g/mol. The molecular formula is C15H22NO6P. The first-order valence-corrected chi connectivity index (χ1v) is 8.47. The van der Waals surface area contributed by atoms with Crippen LogP contribution in [0.15, 0.2) is 30.3 Å². The van der Waals surface area contributed by atoms with E-state index < -0.39 is 26.2 Å². The smallest absolute Gasteiger partial charge is 0.408 e. The molecule has 0 saturated carbocycles. The molecule has 0 bridgehead atoms. The second-order valence-electron chi connectivity index (χ2n) is 4.25. The molecule has 0 aliphatic rings. The summed E-state index contributed by atoms with van der Waals surface area (Å²) in [4.78, 5) is 23.8. The molecule has 0 spiro atoms. The van der Waals surface area contributed by atoms with Crippen LogP contribution in [-0.4, -0.2) is 38.2 Å². The van der Waals surface area contributed by atoms with Gasteiger partial charge in [0.15, 0.2) is 5.78 Å². The van der Waals surface area contributed by atoms with Crippen LogP contribution in [0.5, 0.6) is 0 Å². The monoisotopic (exact) mass is 343 g/mol. The molecule has 1 unspecified atom stereocenters. The van der Waals surface area contributed by atoms with E-state index in [1.165, 1.54) is 7.11 Å². The molecule has 1 amide bonds. The molecule has 0 fully saturated rings. The highest BCUT2D eigenvalue weighted by molar-refractivity contribution is 7.49. The molecule has 1 rings (SSSR count). The van der Waals surface area contributed by atoms with Crippen LogP contribution >= 0.6 is 8.38 Å². The van der Waals surface area contributed by atoms with Crippen LogP contribution in [0.3, 0.4) is 0 Å². The molecule has 23 heavy (non-hydrogen) atoms. The van der Waals surface area contributed by atoms with E-state index in [-0.39, 0.29) is 6.61 Å². The molecule has 0 aromatic heterocycles. The number of carbonyl (C=O) groups is 2. The van der Waals surface area contributed by atoms with E-state index in [4.69, 9.17) is 18.5 Å². The molecule has 8 heteroatoms. The van der Waals surface area contributed by atoms with Crippen LogP contribution in [0, 0.1) is 0 Å². The Hall–Kier alpha value is -1.69. The Balaban J connectivity index is 2.64. The summed E-state index contributed by atoms with van der Waals surface area (Å²) in [5.41, 5.74) is 0.842. The first-order valence-electron chi connectivity index (χ1n) is 7.22. The van der Waals surface area contributed by atoms with E-state index in [0.29, 0.717) is 13.2 Å². The number of hydrogen-bond donors (Lipinski definition) is 1.